The molecule has 0 saturated heterocycles. The number of nitrogens with one attached hydrogen (secondary N) is 1. The quantitative estimate of drug-likeness (QED) is 0.883. The molecule has 0 spiro atoms. The minimum absolute atomic E-state index is 0.219. The Bertz CT molecular complexity index is 877. The van der Waals surface area contributed by atoms with Gasteiger partial charge in [-0.3, -0.25) is 0 Å². The molecular formula is C19H16F2N2O. The van der Waals surface area contributed by atoms with Crippen LogP contribution in [-0.2, 0) is 0 Å². The molecule has 1 aliphatic heterocycles. The van der Waals surface area contributed by atoms with Crippen LogP contribution in [0.4, 0.5) is 14.5 Å². The molecule has 0 fully saturated rings. The van der Waals surface area contributed by atoms with Gasteiger partial charge < -0.3 is 10.1 Å². The first-order valence-corrected chi connectivity index (χ1v) is 7.49. The van der Waals surface area contributed by atoms with Crippen molar-refractivity contribution in [3.05, 3.63) is 64.7 Å². The molecule has 1 N–H and O–H groups in total. The van der Waals surface area contributed by atoms with E-state index in [0.717, 1.165) is 0 Å². The van der Waals surface area contributed by atoms with E-state index in [1.165, 1.54) is 18.2 Å². The van der Waals surface area contributed by atoms with Gasteiger partial charge in [0, 0.05) is 24.4 Å². The van der Waals surface area contributed by atoms with E-state index < -0.39 is 17.2 Å². The fourth-order valence-electron chi connectivity index (χ4n) is 2.90. The number of benzene rings is 2. The average molecular weight is 326 g/mol. The standard InChI is InChI=1S/C19H16F2N2O/c1-19(2)14(10-22)17(11-4-6-12(20)7-5-11)18-15(21)8-13(23-3)9-16(18)24-19/h4-9,23H,1-3H3. The number of ether oxygens (including phenoxy) is 1. The summed E-state index contributed by atoms with van der Waals surface area (Å²) in [5.41, 5.74) is 1.17. The third-order valence-corrected chi connectivity index (χ3v) is 4.05. The summed E-state index contributed by atoms with van der Waals surface area (Å²) in [7, 11) is 1.69. The first-order chi connectivity index (χ1) is 11.4. The summed E-state index contributed by atoms with van der Waals surface area (Å²) in [4.78, 5) is 0. The lowest BCUT2D eigenvalue weighted by molar-refractivity contribution is 0.149. The summed E-state index contributed by atoms with van der Waals surface area (Å²) in [6.07, 6.45) is 0. The number of halogens is 2. The van der Waals surface area contributed by atoms with Gasteiger partial charge in [0.05, 0.1) is 17.2 Å². The van der Waals surface area contributed by atoms with E-state index in [1.807, 2.05) is 0 Å². The van der Waals surface area contributed by atoms with Crippen LogP contribution in [0.3, 0.4) is 0 Å². The van der Waals surface area contributed by atoms with Crippen LogP contribution in [0.25, 0.3) is 5.57 Å². The molecule has 24 heavy (non-hydrogen) atoms. The van der Waals surface area contributed by atoms with Gasteiger partial charge in [-0.2, -0.15) is 5.26 Å². The average Bonchev–Trinajstić information content (AvgIpc) is 2.53. The fraction of sp³-hybridized carbons (Fsp3) is 0.211. The Hall–Kier alpha value is -2.87. The van der Waals surface area contributed by atoms with Crippen molar-refractivity contribution in [2.24, 2.45) is 0 Å². The van der Waals surface area contributed by atoms with Crippen LogP contribution in [0.5, 0.6) is 5.75 Å². The zero-order valence-corrected chi connectivity index (χ0v) is 13.6. The second-order valence-electron chi connectivity index (χ2n) is 6.06. The van der Waals surface area contributed by atoms with Crippen molar-refractivity contribution < 1.29 is 13.5 Å². The molecule has 0 amide bonds. The normalized spacial score (nSPS) is 15.3. The lowest BCUT2D eigenvalue weighted by Crippen LogP contribution is -2.34. The molecule has 3 rings (SSSR count). The van der Waals surface area contributed by atoms with Crippen molar-refractivity contribution in [1.29, 1.82) is 5.26 Å². The Morgan fingerprint density at radius 2 is 1.79 bits per heavy atom. The maximum absolute atomic E-state index is 14.8. The topological polar surface area (TPSA) is 45.0 Å². The number of hydrogen-bond acceptors (Lipinski definition) is 3. The van der Waals surface area contributed by atoms with Gasteiger partial charge in [-0.05, 0) is 37.6 Å². The van der Waals surface area contributed by atoms with Gasteiger partial charge in [-0.25, -0.2) is 8.78 Å². The number of hydrogen-bond donors (Lipinski definition) is 1. The zero-order valence-electron chi connectivity index (χ0n) is 13.6. The highest BCUT2D eigenvalue weighted by molar-refractivity contribution is 5.90. The van der Waals surface area contributed by atoms with Crippen molar-refractivity contribution in [3.8, 4) is 11.8 Å². The van der Waals surface area contributed by atoms with E-state index in [4.69, 9.17) is 4.74 Å². The van der Waals surface area contributed by atoms with Gasteiger partial charge in [-0.1, -0.05) is 12.1 Å². The molecule has 2 aromatic carbocycles. The Balaban J connectivity index is 2.36. The Morgan fingerprint density at radius 1 is 1.12 bits per heavy atom. The van der Waals surface area contributed by atoms with Crippen LogP contribution in [0.15, 0.2) is 42.0 Å². The van der Waals surface area contributed by atoms with E-state index in [9.17, 15) is 14.0 Å². The molecule has 5 heteroatoms. The van der Waals surface area contributed by atoms with Crippen molar-refractivity contribution in [2.75, 3.05) is 12.4 Å². The maximum atomic E-state index is 14.8. The minimum atomic E-state index is -0.926. The second-order valence-corrected chi connectivity index (χ2v) is 6.06. The van der Waals surface area contributed by atoms with Crippen molar-refractivity contribution in [2.45, 2.75) is 19.4 Å². The second kappa shape index (κ2) is 5.64. The summed E-state index contributed by atoms with van der Waals surface area (Å²) in [6.45, 7) is 3.50. The van der Waals surface area contributed by atoms with E-state index in [-0.39, 0.29) is 5.56 Å². The largest absolute Gasteiger partial charge is 0.482 e. The number of rotatable bonds is 2. The molecule has 3 nitrogen and oxygen atoms in total. The summed E-state index contributed by atoms with van der Waals surface area (Å²) in [5.74, 6) is -0.544. The Kier molecular flexibility index (Phi) is 3.76. The number of anilines is 1. The molecule has 2 aromatic rings. The third-order valence-electron chi connectivity index (χ3n) is 4.05. The highest BCUT2D eigenvalue weighted by atomic mass is 19.1. The van der Waals surface area contributed by atoms with E-state index in [2.05, 4.69) is 11.4 Å². The van der Waals surface area contributed by atoms with Crippen molar-refractivity contribution in [1.82, 2.24) is 0 Å². The summed E-state index contributed by atoms with van der Waals surface area (Å²) in [6, 6.07) is 10.8. The van der Waals surface area contributed by atoms with Crippen LogP contribution in [0.1, 0.15) is 25.0 Å². The highest BCUT2D eigenvalue weighted by Crippen LogP contribution is 2.45. The first-order valence-electron chi connectivity index (χ1n) is 7.49. The molecule has 0 aromatic heterocycles. The van der Waals surface area contributed by atoms with Gasteiger partial charge in [-0.15, -0.1) is 0 Å². The van der Waals surface area contributed by atoms with Crippen LogP contribution in [0, 0.1) is 23.0 Å². The van der Waals surface area contributed by atoms with Crippen LogP contribution >= 0.6 is 0 Å². The van der Waals surface area contributed by atoms with E-state index in [0.29, 0.717) is 28.1 Å². The molecule has 0 atom stereocenters. The van der Waals surface area contributed by atoms with Crippen molar-refractivity contribution in [3.63, 3.8) is 0 Å². The zero-order chi connectivity index (χ0) is 17.5. The van der Waals surface area contributed by atoms with Crippen LogP contribution in [0.2, 0.25) is 0 Å². The predicted molar refractivity (Wildman–Crippen MR) is 88.7 cm³/mol. The van der Waals surface area contributed by atoms with Gasteiger partial charge in [0.25, 0.3) is 0 Å². The molecular weight excluding hydrogens is 310 g/mol. The van der Waals surface area contributed by atoms with E-state index >= 15 is 0 Å². The number of fused-ring (bicyclic) bond motifs is 1. The molecule has 0 saturated carbocycles. The molecule has 122 valence electrons. The third kappa shape index (κ3) is 2.50. The van der Waals surface area contributed by atoms with Gasteiger partial charge in [0.15, 0.2) is 0 Å². The first kappa shape index (κ1) is 16.0. The van der Waals surface area contributed by atoms with Gasteiger partial charge in [0.2, 0.25) is 0 Å². The molecule has 0 radical (unpaired) electrons. The minimum Gasteiger partial charge on any atom is -0.482 e. The molecule has 1 aliphatic rings. The van der Waals surface area contributed by atoms with Crippen LogP contribution in [-0.4, -0.2) is 12.6 Å². The van der Waals surface area contributed by atoms with Crippen LogP contribution < -0.4 is 10.1 Å². The Labute approximate surface area is 139 Å². The lowest BCUT2D eigenvalue weighted by Gasteiger charge is -2.34. The molecule has 1 heterocycles. The number of nitrogens with zero attached hydrogens (tertiary/aromatic N) is 1. The maximum Gasteiger partial charge on any atom is 0.139 e. The predicted octanol–water partition coefficient (Wildman–Crippen LogP) is 4.50. The summed E-state index contributed by atoms with van der Waals surface area (Å²) >= 11 is 0. The van der Waals surface area contributed by atoms with Gasteiger partial charge in [0.1, 0.15) is 23.0 Å². The Morgan fingerprint density at radius 3 is 2.38 bits per heavy atom. The lowest BCUT2D eigenvalue weighted by atomic mass is 9.83. The molecule has 0 bridgehead atoms. The SMILES string of the molecule is CNc1cc(F)c2c(c1)OC(C)(C)C(C#N)=C2c1ccc(F)cc1. The summed E-state index contributed by atoms with van der Waals surface area (Å²) in [5, 5.41) is 12.5. The van der Waals surface area contributed by atoms with Gasteiger partial charge >= 0.3 is 0 Å². The van der Waals surface area contributed by atoms with E-state index in [1.54, 1.807) is 39.1 Å². The molecule has 0 aliphatic carbocycles. The summed E-state index contributed by atoms with van der Waals surface area (Å²) < 4.78 is 33.9. The monoisotopic (exact) mass is 326 g/mol. The molecule has 0 unspecified atom stereocenters. The van der Waals surface area contributed by atoms with Crippen molar-refractivity contribution >= 4 is 11.3 Å². The smallest absolute Gasteiger partial charge is 0.139 e. The fourth-order valence-corrected chi connectivity index (χ4v) is 2.90. The highest BCUT2D eigenvalue weighted by Gasteiger charge is 2.37. The number of nitriles is 1.